The van der Waals surface area contributed by atoms with Gasteiger partial charge >= 0.3 is 5.69 Å². The van der Waals surface area contributed by atoms with Crippen LogP contribution in [0, 0.1) is 6.92 Å². The van der Waals surface area contributed by atoms with Crippen molar-refractivity contribution in [2.45, 2.75) is 13.5 Å². The molecule has 0 saturated heterocycles. The molecule has 0 aliphatic rings. The summed E-state index contributed by atoms with van der Waals surface area (Å²) in [6, 6.07) is 10.8. The molecule has 1 aromatic carbocycles. The summed E-state index contributed by atoms with van der Waals surface area (Å²) in [7, 11) is 0. The van der Waals surface area contributed by atoms with Crippen LogP contribution in [0.5, 0.6) is 0 Å². The number of hydrogen-bond acceptors (Lipinski definition) is 3. The van der Waals surface area contributed by atoms with Crippen molar-refractivity contribution in [1.82, 2.24) is 20.3 Å². The number of aromatic nitrogens is 3. The minimum absolute atomic E-state index is 0.221. The normalized spacial score (nSPS) is 10.7. The Morgan fingerprint density at radius 3 is 2.81 bits per heavy atom. The summed E-state index contributed by atoms with van der Waals surface area (Å²) in [5, 5.41) is 2.81. The first-order valence-corrected chi connectivity index (χ1v) is 6.54. The third kappa shape index (κ3) is 2.84. The molecule has 2 heterocycles. The van der Waals surface area contributed by atoms with Gasteiger partial charge in [-0.1, -0.05) is 12.1 Å². The topological polar surface area (TPSA) is 90.6 Å². The molecule has 106 valence electrons. The molecule has 0 radical (unpaired) electrons. The monoisotopic (exact) mass is 282 g/mol. The fraction of sp³-hybridized carbons (Fsp3) is 0.133. The van der Waals surface area contributed by atoms with Gasteiger partial charge in [0.05, 0.1) is 11.0 Å². The zero-order chi connectivity index (χ0) is 14.8. The van der Waals surface area contributed by atoms with Gasteiger partial charge in [-0.15, -0.1) is 0 Å². The first-order chi connectivity index (χ1) is 10.1. The number of aryl methyl sites for hydroxylation is 1. The van der Waals surface area contributed by atoms with Gasteiger partial charge in [-0.25, -0.2) is 9.78 Å². The number of imidazole rings is 1. The molecule has 0 bridgehead atoms. The molecular formula is C15H14N4O2. The first kappa shape index (κ1) is 13.1. The largest absolute Gasteiger partial charge is 0.347 e. The molecule has 3 aromatic rings. The van der Waals surface area contributed by atoms with E-state index in [9.17, 15) is 9.59 Å². The number of nitrogens with one attached hydrogen (secondary N) is 3. The highest BCUT2D eigenvalue weighted by Crippen LogP contribution is 2.10. The van der Waals surface area contributed by atoms with Crippen LogP contribution < -0.4 is 11.0 Å². The van der Waals surface area contributed by atoms with E-state index in [0.29, 0.717) is 12.2 Å². The van der Waals surface area contributed by atoms with Crippen LogP contribution >= 0.6 is 0 Å². The number of fused-ring (bicyclic) bond motifs is 1. The van der Waals surface area contributed by atoms with Crippen LogP contribution in [0.3, 0.4) is 0 Å². The van der Waals surface area contributed by atoms with Crippen molar-refractivity contribution in [2.24, 2.45) is 0 Å². The van der Waals surface area contributed by atoms with Crippen LogP contribution in [0.4, 0.5) is 0 Å². The third-order valence-electron chi connectivity index (χ3n) is 3.15. The van der Waals surface area contributed by atoms with Crippen molar-refractivity contribution in [2.75, 3.05) is 0 Å². The van der Waals surface area contributed by atoms with Crippen LogP contribution in [0.1, 0.15) is 21.7 Å². The maximum atomic E-state index is 12.0. The maximum Gasteiger partial charge on any atom is 0.323 e. The number of rotatable bonds is 3. The number of benzene rings is 1. The zero-order valence-corrected chi connectivity index (χ0v) is 11.4. The van der Waals surface area contributed by atoms with Crippen LogP contribution in [0.25, 0.3) is 11.0 Å². The summed E-state index contributed by atoms with van der Waals surface area (Å²) in [4.78, 5) is 32.7. The van der Waals surface area contributed by atoms with E-state index in [4.69, 9.17) is 0 Å². The first-order valence-electron chi connectivity index (χ1n) is 6.54. The second-order valence-electron chi connectivity index (χ2n) is 4.81. The molecule has 0 saturated carbocycles. The molecule has 0 aliphatic carbocycles. The van der Waals surface area contributed by atoms with Crippen molar-refractivity contribution >= 4 is 16.9 Å². The van der Waals surface area contributed by atoms with Gasteiger partial charge in [-0.05, 0) is 36.8 Å². The summed E-state index contributed by atoms with van der Waals surface area (Å²) < 4.78 is 0. The van der Waals surface area contributed by atoms with Gasteiger partial charge in [0.2, 0.25) is 0 Å². The number of carbonyl (C=O) groups is 1. The molecular weight excluding hydrogens is 268 g/mol. The lowest BCUT2D eigenvalue weighted by Gasteiger charge is -2.05. The number of carbonyl (C=O) groups excluding carboxylic acids is 1. The van der Waals surface area contributed by atoms with E-state index >= 15 is 0 Å². The van der Waals surface area contributed by atoms with E-state index in [2.05, 4.69) is 20.3 Å². The Bertz CT molecular complexity index is 863. The standard InChI is InChI=1S/C15H14N4O2/c1-9-3-2-4-12(17-9)14(20)16-8-10-5-6-11-13(7-10)19-15(21)18-11/h2-7H,8H2,1H3,(H,16,20)(H2,18,19,21). The minimum atomic E-state index is -0.241. The fourth-order valence-corrected chi connectivity index (χ4v) is 2.13. The lowest BCUT2D eigenvalue weighted by atomic mass is 10.2. The SMILES string of the molecule is Cc1cccc(C(=O)NCc2ccc3[nH]c(=O)[nH]c3c2)n1. The van der Waals surface area contributed by atoms with Crippen LogP contribution in [0.15, 0.2) is 41.2 Å². The van der Waals surface area contributed by atoms with Crippen LogP contribution in [-0.2, 0) is 6.54 Å². The van der Waals surface area contributed by atoms with E-state index in [-0.39, 0.29) is 11.6 Å². The molecule has 2 aromatic heterocycles. The second kappa shape index (κ2) is 5.24. The summed E-state index contributed by atoms with van der Waals surface area (Å²) in [6.45, 7) is 2.21. The molecule has 3 N–H and O–H groups in total. The van der Waals surface area contributed by atoms with Crippen LogP contribution in [0.2, 0.25) is 0 Å². The zero-order valence-electron chi connectivity index (χ0n) is 11.4. The molecule has 3 rings (SSSR count). The lowest BCUT2D eigenvalue weighted by molar-refractivity contribution is 0.0945. The molecule has 6 nitrogen and oxygen atoms in total. The van der Waals surface area contributed by atoms with Gasteiger partial charge in [0.1, 0.15) is 5.69 Å². The molecule has 0 aliphatic heterocycles. The number of amides is 1. The molecule has 0 fully saturated rings. The summed E-state index contributed by atoms with van der Waals surface area (Å²) >= 11 is 0. The highest BCUT2D eigenvalue weighted by molar-refractivity contribution is 5.92. The number of aromatic amines is 2. The smallest absolute Gasteiger partial charge is 0.323 e. The predicted octanol–water partition coefficient (Wildman–Crippen LogP) is 1.49. The van der Waals surface area contributed by atoms with Crippen molar-refractivity contribution in [1.29, 1.82) is 0 Å². The Labute approximate surface area is 120 Å². The van der Waals surface area contributed by atoms with Crippen molar-refractivity contribution < 1.29 is 4.79 Å². The van der Waals surface area contributed by atoms with Gasteiger partial charge in [0, 0.05) is 12.2 Å². The molecule has 0 atom stereocenters. The Balaban J connectivity index is 1.73. The van der Waals surface area contributed by atoms with Gasteiger partial charge in [0.15, 0.2) is 0 Å². The van der Waals surface area contributed by atoms with Gasteiger partial charge < -0.3 is 15.3 Å². The molecule has 21 heavy (non-hydrogen) atoms. The Kier molecular flexibility index (Phi) is 3.27. The van der Waals surface area contributed by atoms with E-state index in [0.717, 1.165) is 22.3 Å². The average Bonchev–Trinajstić information content (AvgIpc) is 2.84. The highest BCUT2D eigenvalue weighted by Gasteiger charge is 2.07. The minimum Gasteiger partial charge on any atom is -0.347 e. The van der Waals surface area contributed by atoms with E-state index in [1.165, 1.54) is 0 Å². The molecule has 1 amide bonds. The number of nitrogens with zero attached hydrogens (tertiary/aromatic N) is 1. The van der Waals surface area contributed by atoms with Crippen molar-refractivity contribution in [3.05, 3.63) is 63.8 Å². The second-order valence-corrected chi connectivity index (χ2v) is 4.81. The Morgan fingerprint density at radius 1 is 1.19 bits per heavy atom. The third-order valence-corrected chi connectivity index (χ3v) is 3.15. The number of pyridine rings is 1. The summed E-state index contributed by atoms with van der Waals surface area (Å²) in [5.41, 5.74) is 3.32. The Morgan fingerprint density at radius 2 is 2.00 bits per heavy atom. The molecule has 0 spiro atoms. The van der Waals surface area contributed by atoms with E-state index in [1.807, 2.05) is 25.1 Å². The quantitative estimate of drug-likeness (QED) is 0.679. The van der Waals surface area contributed by atoms with Gasteiger partial charge in [-0.2, -0.15) is 0 Å². The maximum absolute atomic E-state index is 12.0. The van der Waals surface area contributed by atoms with Crippen LogP contribution in [-0.4, -0.2) is 20.9 Å². The molecule has 0 unspecified atom stereocenters. The Hall–Kier alpha value is -2.89. The number of hydrogen-bond donors (Lipinski definition) is 3. The summed E-state index contributed by atoms with van der Waals surface area (Å²) in [6.07, 6.45) is 0. The lowest BCUT2D eigenvalue weighted by Crippen LogP contribution is -2.23. The van der Waals surface area contributed by atoms with Crippen molar-refractivity contribution in [3.8, 4) is 0 Å². The van der Waals surface area contributed by atoms with Crippen molar-refractivity contribution in [3.63, 3.8) is 0 Å². The van der Waals surface area contributed by atoms with Gasteiger partial charge in [-0.3, -0.25) is 4.79 Å². The average molecular weight is 282 g/mol. The van der Waals surface area contributed by atoms with E-state index < -0.39 is 0 Å². The predicted molar refractivity (Wildman–Crippen MR) is 79.1 cm³/mol. The summed E-state index contributed by atoms with van der Waals surface area (Å²) in [5.74, 6) is -0.221. The number of H-pyrrole nitrogens is 2. The fourth-order valence-electron chi connectivity index (χ4n) is 2.13. The highest BCUT2D eigenvalue weighted by atomic mass is 16.2. The molecule has 6 heteroatoms. The van der Waals surface area contributed by atoms with Gasteiger partial charge in [0.25, 0.3) is 5.91 Å². The van der Waals surface area contributed by atoms with E-state index in [1.54, 1.807) is 18.2 Å².